The minimum atomic E-state index is -1.02. The third-order valence-corrected chi connectivity index (χ3v) is 8.43. The lowest BCUT2D eigenvalue weighted by Crippen LogP contribution is -2.46. The molecule has 0 radical (unpaired) electrons. The van der Waals surface area contributed by atoms with Crippen molar-refractivity contribution in [2.45, 2.75) is 62.8 Å². The van der Waals surface area contributed by atoms with Crippen LogP contribution in [0.2, 0.25) is 5.02 Å². The lowest BCUT2D eigenvalue weighted by Gasteiger charge is -2.42. The van der Waals surface area contributed by atoms with Gasteiger partial charge >= 0.3 is 5.97 Å². The highest BCUT2D eigenvalue weighted by molar-refractivity contribution is 6.30. The van der Waals surface area contributed by atoms with Crippen molar-refractivity contribution in [3.63, 3.8) is 0 Å². The molecule has 0 aromatic heterocycles. The van der Waals surface area contributed by atoms with Crippen LogP contribution in [0.4, 0.5) is 5.69 Å². The van der Waals surface area contributed by atoms with Crippen LogP contribution in [0.15, 0.2) is 72.8 Å². The largest absolute Gasteiger partial charge is 0.481 e. The molecule has 0 saturated carbocycles. The first-order valence-corrected chi connectivity index (χ1v) is 14.9. The average molecular weight is 609 g/mol. The Labute approximate surface area is 256 Å². The molecule has 2 aliphatic rings. The lowest BCUT2D eigenvalue weighted by molar-refractivity contribution is -0.253. The van der Waals surface area contributed by atoms with Crippen LogP contribution in [-0.4, -0.2) is 57.8 Å². The van der Waals surface area contributed by atoms with Crippen LogP contribution in [0.3, 0.4) is 0 Å². The van der Waals surface area contributed by atoms with E-state index in [-0.39, 0.29) is 37.6 Å². The van der Waals surface area contributed by atoms with E-state index in [9.17, 15) is 19.8 Å². The summed E-state index contributed by atoms with van der Waals surface area (Å²) in [5.74, 6) is -1.38. The Morgan fingerprint density at radius 3 is 2.19 bits per heavy atom. The molecule has 0 unspecified atom stereocenters. The van der Waals surface area contributed by atoms with Gasteiger partial charge in [-0.05, 0) is 53.8 Å². The molecule has 4 N–H and O–H groups in total. The van der Waals surface area contributed by atoms with Crippen molar-refractivity contribution >= 4 is 29.2 Å². The van der Waals surface area contributed by atoms with Crippen molar-refractivity contribution in [1.29, 1.82) is 0 Å². The summed E-state index contributed by atoms with van der Waals surface area (Å²) in [6.07, 6.45) is 0.505. The van der Waals surface area contributed by atoms with Gasteiger partial charge in [-0.15, -0.1) is 0 Å². The van der Waals surface area contributed by atoms with Gasteiger partial charge in [0.05, 0.1) is 30.8 Å². The summed E-state index contributed by atoms with van der Waals surface area (Å²) in [5, 5.41) is 33.0. The number of piperidine rings is 1. The molecule has 43 heavy (non-hydrogen) atoms. The maximum absolute atomic E-state index is 12.1. The number of nitrogens with one attached hydrogen (secondary N) is 1. The SMILES string of the molecule is O=C(O)CCC(=O)Nc1ccc([C@H]2O[C@@H](CN3CCC(O)(c4ccc(Cl)cc4)CC3)C[C@@H](c3ccc(CO)cc3)O2)cc1. The Bertz CT molecular complexity index is 1370. The average Bonchev–Trinajstić information content (AvgIpc) is 3.02. The van der Waals surface area contributed by atoms with Gasteiger partial charge in [0.1, 0.15) is 0 Å². The van der Waals surface area contributed by atoms with Crippen LogP contribution in [0.1, 0.15) is 66.8 Å². The zero-order chi connectivity index (χ0) is 30.4. The topological polar surface area (TPSA) is 129 Å². The number of aliphatic carboxylic acids is 1. The predicted molar refractivity (Wildman–Crippen MR) is 161 cm³/mol. The minimum Gasteiger partial charge on any atom is -0.481 e. The molecule has 1 amide bonds. The van der Waals surface area contributed by atoms with E-state index in [1.165, 1.54) is 0 Å². The summed E-state index contributed by atoms with van der Waals surface area (Å²) in [4.78, 5) is 25.1. The Balaban J connectivity index is 1.26. The Hall–Kier alpha value is -3.31. The van der Waals surface area contributed by atoms with E-state index in [4.69, 9.17) is 26.2 Å². The first-order valence-electron chi connectivity index (χ1n) is 14.5. The summed E-state index contributed by atoms with van der Waals surface area (Å²) in [5.41, 5.74) is 3.17. The van der Waals surface area contributed by atoms with Crippen LogP contribution in [0, 0.1) is 0 Å². The molecule has 0 spiro atoms. The molecular formula is C33H37ClN2O7. The van der Waals surface area contributed by atoms with E-state index in [1.54, 1.807) is 12.1 Å². The highest BCUT2D eigenvalue weighted by Gasteiger charge is 2.37. The van der Waals surface area contributed by atoms with Gasteiger partial charge in [-0.2, -0.15) is 0 Å². The van der Waals surface area contributed by atoms with E-state index in [0.717, 1.165) is 35.3 Å². The Kier molecular flexibility index (Phi) is 10.1. The predicted octanol–water partition coefficient (Wildman–Crippen LogP) is 5.16. The van der Waals surface area contributed by atoms with Gasteiger partial charge < -0.3 is 35.0 Å². The normalized spacial score (nSPS) is 22.2. The molecule has 3 aromatic carbocycles. The van der Waals surface area contributed by atoms with Crippen molar-refractivity contribution in [3.05, 3.63) is 100 Å². The number of nitrogens with zero attached hydrogens (tertiary/aromatic N) is 1. The maximum atomic E-state index is 12.1. The van der Waals surface area contributed by atoms with Gasteiger partial charge in [0.25, 0.3) is 0 Å². The fraction of sp³-hybridized carbons (Fsp3) is 0.394. The number of carbonyl (C=O) groups excluding carboxylic acids is 1. The lowest BCUT2D eigenvalue weighted by atomic mass is 9.84. The molecule has 0 aliphatic carbocycles. The van der Waals surface area contributed by atoms with Gasteiger partial charge in [0, 0.05) is 48.7 Å². The van der Waals surface area contributed by atoms with Gasteiger partial charge in [-0.25, -0.2) is 0 Å². The van der Waals surface area contributed by atoms with Crippen LogP contribution >= 0.6 is 11.6 Å². The highest BCUT2D eigenvalue weighted by Crippen LogP contribution is 2.39. The number of anilines is 1. The molecule has 228 valence electrons. The monoisotopic (exact) mass is 608 g/mol. The molecule has 2 aliphatic heterocycles. The number of carboxylic acid groups (broad SMARTS) is 1. The zero-order valence-corrected chi connectivity index (χ0v) is 24.6. The number of aliphatic hydroxyl groups excluding tert-OH is 1. The summed E-state index contributed by atoms with van der Waals surface area (Å²) < 4.78 is 12.9. The first kappa shape index (κ1) is 31.1. The number of amides is 1. The molecule has 2 saturated heterocycles. The fourth-order valence-electron chi connectivity index (χ4n) is 5.64. The number of ether oxygens (including phenoxy) is 2. The van der Waals surface area contributed by atoms with E-state index < -0.39 is 17.9 Å². The number of halogens is 1. The van der Waals surface area contributed by atoms with E-state index >= 15 is 0 Å². The quantitative estimate of drug-likeness (QED) is 0.248. The first-order chi connectivity index (χ1) is 20.7. The second-order valence-electron chi connectivity index (χ2n) is 11.3. The van der Waals surface area contributed by atoms with Crippen LogP contribution in [0.25, 0.3) is 0 Å². The van der Waals surface area contributed by atoms with Gasteiger partial charge in [-0.1, -0.05) is 60.1 Å². The van der Waals surface area contributed by atoms with E-state index in [1.807, 2.05) is 60.7 Å². The van der Waals surface area contributed by atoms with Crippen molar-refractivity contribution in [1.82, 2.24) is 4.90 Å². The zero-order valence-electron chi connectivity index (χ0n) is 23.8. The molecular weight excluding hydrogens is 572 g/mol. The van der Waals surface area contributed by atoms with E-state index in [2.05, 4.69) is 10.2 Å². The molecule has 0 bridgehead atoms. The third kappa shape index (κ3) is 8.20. The molecule has 2 fully saturated rings. The molecule has 9 nitrogen and oxygen atoms in total. The van der Waals surface area contributed by atoms with Gasteiger partial charge in [0.2, 0.25) is 5.91 Å². The number of hydrogen-bond donors (Lipinski definition) is 4. The number of carbonyl (C=O) groups is 2. The second-order valence-corrected chi connectivity index (χ2v) is 11.7. The summed E-state index contributed by atoms with van der Waals surface area (Å²) in [6, 6.07) is 22.3. The number of likely N-dealkylation sites (tertiary alicyclic amines) is 1. The summed E-state index contributed by atoms with van der Waals surface area (Å²) in [6.45, 7) is 2.09. The van der Waals surface area contributed by atoms with E-state index in [0.29, 0.717) is 36.5 Å². The minimum absolute atomic E-state index is 0.0311. The number of aliphatic hydroxyl groups is 2. The third-order valence-electron chi connectivity index (χ3n) is 8.17. The summed E-state index contributed by atoms with van der Waals surface area (Å²) in [7, 11) is 0. The highest BCUT2D eigenvalue weighted by atomic mass is 35.5. The molecule has 2 heterocycles. The van der Waals surface area contributed by atoms with Gasteiger partial charge in [-0.3, -0.25) is 9.59 Å². The molecule has 3 aromatic rings. The summed E-state index contributed by atoms with van der Waals surface area (Å²) >= 11 is 6.04. The Morgan fingerprint density at radius 1 is 0.907 bits per heavy atom. The van der Waals surface area contributed by atoms with Crippen molar-refractivity contribution in [2.75, 3.05) is 25.0 Å². The number of benzene rings is 3. The number of rotatable bonds is 10. The Morgan fingerprint density at radius 2 is 1.56 bits per heavy atom. The smallest absolute Gasteiger partial charge is 0.303 e. The van der Waals surface area contributed by atoms with Crippen molar-refractivity contribution in [2.24, 2.45) is 0 Å². The van der Waals surface area contributed by atoms with Crippen molar-refractivity contribution in [3.8, 4) is 0 Å². The van der Waals surface area contributed by atoms with Crippen LogP contribution in [0.5, 0.6) is 0 Å². The number of carboxylic acids is 1. The number of hydrogen-bond acceptors (Lipinski definition) is 7. The van der Waals surface area contributed by atoms with Gasteiger partial charge in [0.15, 0.2) is 6.29 Å². The standard InChI is InChI=1S/C33H37ClN2O7/c34-26-9-7-25(8-10-26)33(41)15-17-36(18-16-33)20-28-19-29(23-3-1-22(21-37)2-4-23)43-32(42-28)24-5-11-27(12-6-24)35-30(38)13-14-31(39)40/h1-12,28-29,32,37,41H,13-21H2,(H,35,38)(H,39,40)/t28-,29+,32+/m1/s1. The van der Waals surface area contributed by atoms with Crippen LogP contribution in [-0.2, 0) is 31.3 Å². The molecule has 5 rings (SSSR count). The second kappa shape index (κ2) is 14.0. The maximum Gasteiger partial charge on any atom is 0.303 e. The van der Waals surface area contributed by atoms with Crippen molar-refractivity contribution < 1.29 is 34.4 Å². The molecule has 3 atom stereocenters. The molecule has 10 heteroatoms. The fourth-order valence-corrected chi connectivity index (χ4v) is 5.77. The van der Waals surface area contributed by atoms with Crippen LogP contribution < -0.4 is 5.32 Å².